The van der Waals surface area contributed by atoms with Gasteiger partial charge in [-0.05, 0) is 44.0 Å². The van der Waals surface area contributed by atoms with Crippen molar-refractivity contribution in [1.29, 1.82) is 0 Å². The molecular weight excluding hydrogens is 294 g/mol. The van der Waals surface area contributed by atoms with Gasteiger partial charge < -0.3 is 10.5 Å². The van der Waals surface area contributed by atoms with Gasteiger partial charge in [0.05, 0.1) is 11.3 Å². The molecule has 0 aliphatic carbocycles. The van der Waals surface area contributed by atoms with Crippen molar-refractivity contribution >= 4 is 28.8 Å². The van der Waals surface area contributed by atoms with Crippen molar-refractivity contribution in [2.24, 2.45) is 5.73 Å². The third kappa shape index (κ3) is 2.89. The van der Waals surface area contributed by atoms with Crippen LogP contribution in [0.15, 0.2) is 18.2 Å². The van der Waals surface area contributed by atoms with Gasteiger partial charge in [0.25, 0.3) is 0 Å². The molecule has 0 spiro atoms. The molecular formula is C14H14ClN3OS. The Bertz CT molecular complexity index is 688. The lowest BCUT2D eigenvalue weighted by Crippen LogP contribution is -2.15. The lowest BCUT2D eigenvalue weighted by molar-refractivity contribution is 0.449. The Morgan fingerprint density at radius 1 is 1.25 bits per heavy atom. The first kappa shape index (κ1) is 14.7. The molecule has 6 heteroatoms. The fourth-order valence-electron chi connectivity index (χ4n) is 1.74. The maximum absolute atomic E-state index is 5.98. The van der Waals surface area contributed by atoms with Crippen LogP contribution in [-0.4, -0.2) is 15.2 Å². The number of halogens is 1. The molecule has 0 aliphatic rings. The van der Waals surface area contributed by atoms with Crippen molar-refractivity contribution in [3.8, 4) is 11.6 Å². The monoisotopic (exact) mass is 307 g/mol. The number of aromatic nitrogens is 2. The highest BCUT2D eigenvalue weighted by atomic mass is 35.5. The quantitative estimate of drug-likeness (QED) is 0.880. The fourth-order valence-corrected chi connectivity index (χ4v) is 2.14. The lowest BCUT2D eigenvalue weighted by atomic mass is 10.1. The summed E-state index contributed by atoms with van der Waals surface area (Å²) >= 11 is 11.1. The molecule has 104 valence electrons. The minimum Gasteiger partial charge on any atom is -0.437 e. The lowest BCUT2D eigenvalue weighted by Gasteiger charge is -2.13. The first-order chi connectivity index (χ1) is 9.40. The summed E-state index contributed by atoms with van der Waals surface area (Å²) in [6.07, 6.45) is 0. The van der Waals surface area contributed by atoms with Gasteiger partial charge in [-0.2, -0.15) is 5.10 Å². The van der Waals surface area contributed by atoms with Gasteiger partial charge in [0, 0.05) is 5.02 Å². The second-order valence-electron chi connectivity index (χ2n) is 4.47. The number of ether oxygens (including phenoxy) is 1. The van der Waals surface area contributed by atoms with E-state index in [1.807, 2.05) is 26.8 Å². The zero-order valence-electron chi connectivity index (χ0n) is 11.4. The number of rotatable bonds is 3. The Morgan fingerprint density at radius 2 is 1.95 bits per heavy atom. The second-order valence-corrected chi connectivity index (χ2v) is 5.34. The molecule has 0 amide bonds. The number of benzene rings is 1. The molecule has 1 heterocycles. The summed E-state index contributed by atoms with van der Waals surface area (Å²) in [5.74, 6) is 0.901. The van der Waals surface area contributed by atoms with Crippen LogP contribution < -0.4 is 10.5 Å². The zero-order chi connectivity index (χ0) is 14.9. The van der Waals surface area contributed by atoms with E-state index in [0.29, 0.717) is 22.2 Å². The van der Waals surface area contributed by atoms with Crippen LogP contribution in [0.1, 0.15) is 22.4 Å². The highest BCUT2D eigenvalue weighted by Gasteiger charge is 2.16. The predicted molar refractivity (Wildman–Crippen MR) is 83.7 cm³/mol. The summed E-state index contributed by atoms with van der Waals surface area (Å²) in [6, 6.07) is 5.38. The Morgan fingerprint density at radius 3 is 2.60 bits per heavy atom. The Labute approximate surface area is 127 Å². The molecule has 0 unspecified atom stereocenters. The summed E-state index contributed by atoms with van der Waals surface area (Å²) < 4.78 is 5.79. The molecule has 2 rings (SSSR count). The van der Waals surface area contributed by atoms with E-state index in [9.17, 15) is 0 Å². The van der Waals surface area contributed by atoms with E-state index in [0.717, 1.165) is 16.8 Å². The van der Waals surface area contributed by atoms with E-state index in [-0.39, 0.29) is 4.99 Å². The van der Waals surface area contributed by atoms with E-state index < -0.39 is 0 Å². The Kier molecular flexibility index (Phi) is 4.20. The summed E-state index contributed by atoms with van der Waals surface area (Å²) in [4.78, 5) is 0.232. The van der Waals surface area contributed by atoms with Crippen LogP contribution in [0.5, 0.6) is 11.6 Å². The van der Waals surface area contributed by atoms with Crippen LogP contribution in [0.2, 0.25) is 5.02 Å². The molecule has 1 aromatic carbocycles. The summed E-state index contributed by atoms with van der Waals surface area (Å²) in [5, 5.41) is 8.67. The largest absolute Gasteiger partial charge is 0.437 e. The molecule has 0 fully saturated rings. The molecule has 0 bridgehead atoms. The average Bonchev–Trinajstić information content (AvgIpc) is 2.38. The standard InChI is InChI=1S/C14H14ClN3OS/c1-7-4-5-10(15)6-11(7)19-14-12(13(16)20)8(2)9(3)17-18-14/h4-6H,1-3H3,(H2,16,20). The third-order valence-corrected chi connectivity index (χ3v) is 3.46. The summed E-state index contributed by atoms with van der Waals surface area (Å²) in [7, 11) is 0. The summed E-state index contributed by atoms with van der Waals surface area (Å²) in [5.41, 5.74) is 8.93. The van der Waals surface area contributed by atoms with Gasteiger partial charge in [-0.1, -0.05) is 29.9 Å². The van der Waals surface area contributed by atoms with E-state index in [1.165, 1.54) is 0 Å². The van der Waals surface area contributed by atoms with Gasteiger partial charge in [0.2, 0.25) is 5.88 Å². The molecule has 2 N–H and O–H groups in total. The van der Waals surface area contributed by atoms with Crippen molar-refractivity contribution in [3.05, 3.63) is 45.6 Å². The number of hydrogen-bond acceptors (Lipinski definition) is 4. The SMILES string of the molecule is Cc1ccc(Cl)cc1Oc1nnc(C)c(C)c1C(N)=S. The van der Waals surface area contributed by atoms with Crippen molar-refractivity contribution < 1.29 is 4.74 Å². The van der Waals surface area contributed by atoms with Crippen LogP contribution in [-0.2, 0) is 0 Å². The van der Waals surface area contributed by atoms with Gasteiger partial charge in [-0.3, -0.25) is 0 Å². The van der Waals surface area contributed by atoms with Crippen molar-refractivity contribution in [2.75, 3.05) is 0 Å². The molecule has 1 aromatic heterocycles. The van der Waals surface area contributed by atoms with Gasteiger partial charge in [0.15, 0.2) is 0 Å². The zero-order valence-corrected chi connectivity index (χ0v) is 13.0. The van der Waals surface area contributed by atoms with Crippen LogP contribution in [0.3, 0.4) is 0 Å². The normalized spacial score (nSPS) is 10.4. The van der Waals surface area contributed by atoms with Crippen LogP contribution in [0.4, 0.5) is 0 Å². The van der Waals surface area contributed by atoms with E-state index in [1.54, 1.807) is 12.1 Å². The Balaban J connectivity index is 2.51. The molecule has 0 saturated heterocycles. The van der Waals surface area contributed by atoms with Crippen molar-refractivity contribution in [2.45, 2.75) is 20.8 Å². The number of nitrogens with zero attached hydrogens (tertiary/aromatic N) is 2. The topological polar surface area (TPSA) is 61.0 Å². The maximum Gasteiger partial charge on any atom is 0.249 e. The molecule has 0 atom stereocenters. The molecule has 0 radical (unpaired) electrons. The maximum atomic E-state index is 5.98. The van der Waals surface area contributed by atoms with E-state index in [2.05, 4.69) is 10.2 Å². The molecule has 0 saturated carbocycles. The van der Waals surface area contributed by atoms with Crippen LogP contribution >= 0.6 is 23.8 Å². The predicted octanol–water partition coefficient (Wildman–Crippen LogP) is 3.48. The smallest absolute Gasteiger partial charge is 0.249 e. The fraction of sp³-hybridized carbons (Fsp3) is 0.214. The van der Waals surface area contributed by atoms with Crippen molar-refractivity contribution in [3.63, 3.8) is 0 Å². The van der Waals surface area contributed by atoms with Gasteiger partial charge in [-0.15, -0.1) is 5.10 Å². The number of aryl methyl sites for hydroxylation is 2. The Hall–Kier alpha value is -1.72. The number of thiocarbonyl (C=S) groups is 1. The highest BCUT2D eigenvalue weighted by Crippen LogP contribution is 2.30. The summed E-state index contributed by atoms with van der Waals surface area (Å²) in [6.45, 7) is 5.65. The van der Waals surface area contributed by atoms with Crippen LogP contribution in [0.25, 0.3) is 0 Å². The first-order valence-corrected chi connectivity index (χ1v) is 6.76. The minimum absolute atomic E-state index is 0.232. The molecule has 20 heavy (non-hydrogen) atoms. The number of hydrogen-bond donors (Lipinski definition) is 1. The average molecular weight is 308 g/mol. The molecule has 2 aromatic rings. The van der Waals surface area contributed by atoms with Crippen molar-refractivity contribution in [1.82, 2.24) is 10.2 Å². The minimum atomic E-state index is 0.232. The van der Waals surface area contributed by atoms with Gasteiger partial charge in [-0.25, -0.2) is 0 Å². The van der Waals surface area contributed by atoms with Gasteiger partial charge in [0.1, 0.15) is 10.7 Å². The first-order valence-electron chi connectivity index (χ1n) is 5.98. The van der Waals surface area contributed by atoms with E-state index >= 15 is 0 Å². The second kappa shape index (κ2) is 5.73. The van der Waals surface area contributed by atoms with Crippen LogP contribution in [0, 0.1) is 20.8 Å². The third-order valence-electron chi connectivity index (χ3n) is 3.03. The number of nitrogens with two attached hydrogens (primary N) is 1. The molecule has 0 aliphatic heterocycles. The molecule has 4 nitrogen and oxygen atoms in total. The highest BCUT2D eigenvalue weighted by molar-refractivity contribution is 7.80. The van der Waals surface area contributed by atoms with E-state index in [4.69, 9.17) is 34.3 Å². The van der Waals surface area contributed by atoms with Gasteiger partial charge >= 0.3 is 0 Å².